The van der Waals surface area contributed by atoms with Crippen molar-refractivity contribution < 1.29 is 4.39 Å². The maximum Gasteiger partial charge on any atom is 0.143 e. The lowest BCUT2D eigenvalue weighted by Crippen LogP contribution is -1.98. The van der Waals surface area contributed by atoms with E-state index in [2.05, 4.69) is 10.2 Å². The van der Waals surface area contributed by atoms with Gasteiger partial charge in [0.05, 0.1) is 5.75 Å². The zero-order valence-corrected chi connectivity index (χ0v) is 10.5. The van der Waals surface area contributed by atoms with Gasteiger partial charge in [0.2, 0.25) is 0 Å². The van der Waals surface area contributed by atoms with Crippen molar-refractivity contribution in [1.29, 1.82) is 0 Å². The van der Waals surface area contributed by atoms with Crippen LogP contribution < -0.4 is 5.73 Å². The zero-order chi connectivity index (χ0) is 12.4. The van der Waals surface area contributed by atoms with Crippen LogP contribution in [0.4, 0.5) is 10.1 Å². The molecule has 4 nitrogen and oxygen atoms in total. The first-order chi connectivity index (χ1) is 8.08. The van der Waals surface area contributed by atoms with Gasteiger partial charge in [-0.05, 0) is 25.1 Å². The molecule has 0 radical (unpaired) electrons. The van der Waals surface area contributed by atoms with Gasteiger partial charge in [0.15, 0.2) is 0 Å². The summed E-state index contributed by atoms with van der Waals surface area (Å²) < 4.78 is 14.8. The van der Waals surface area contributed by atoms with Crippen LogP contribution in [0.5, 0.6) is 0 Å². The SMILES string of the molecule is Cc1nnc(CSc2ccc(F)cc2N)n1C. The molecule has 1 aromatic carbocycles. The monoisotopic (exact) mass is 252 g/mol. The summed E-state index contributed by atoms with van der Waals surface area (Å²) in [5, 5.41) is 8.03. The molecule has 1 aromatic heterocycles. The van der Waals surface area contributed by atoms with E-state index >= 15 is 0 Å². The molecule has 0 aliphatic carbocycles. The molecule has 0 saturated heterocycles. The van der Waals surface area contributed by atoms with Gasteiger partial charge in [0, 0.05) is 17.6 Å². The van der Waals surface area contributed by atoms with E-state index in [4.69, 9.17) is 5.73 Å². The Morgan fingerprint density at radius 2 is 2.18 bits per heavy atom. The van der Waals surface area contributed by atoms with Crippen molar-refractivity contribution in [2.75, 3.05) is 5.73 Å². The lowest BCUT2D eigenvalue weighted by molar-refractivity contribution is 0.627. The van der Waals surface area contributed by atoms with Crippen LogP contribution in [0.15, 0.2) is 23.1 Å². The average molecular weight is 252 g/mol. The molecule has 0 saturated carbocycles. The maximum absolute atomic E-state index is 12.9. The van der Waals surface area contributed by atoms with Gasteiger partial charge in [-0.3, -0.25) is 0 Å². The molecule has 90 valence electrons. The van der Waals surface area contributed by atoms with Crippen molar-refractivity contribution in [3.05, 3.63) is 35.7 Å². The van der Waals surface area contributed by atoms with Crippen molar-refractivity contribution in [3.8, 4) is 0 Å². The van der Waals surface area contributed by atoms with E-state index in [9.17, 15) is 4.39 Å². The van der Waals surface area contributed by atoms with Crippen LogP contribution in [0.2, 0.25) is 0 Å². The molecule has 0 aliphatic heterocycles. The largest absolute Gasteiger partial charge is 0.398 e. The number of nitrogens with zero attached hydrogens (tertiary/aromatic N) is 3. The predicted molar refractivity (Wildman–Crippen MR) is 66.1 cm³/mol. The minimum atomic E-state index is -0.318. The second-order valence-corrected chi connectivity index (χ2v) is 4.71. The maximum atomic E-state index is 12.9. The summed E-state index contributed by atoms with van der Waals surface area (Å²) in [5.74, 6) is 2.08. The normalized spacial score (nSPS) is 10.8. The van der Waals surface area contributed by atoms with Crippen LogP contribution >= 0.6 is 11.8 Å². The van der Waals surface area contributed by atoms with Crippen molar-refractivity contribution in [2.24, 2.45) is 7.05 Å². The molecule has 0 spiro atoms. The highest BCUT2D eigenvalue weighted by Crippen LogP contribution is 2.28. The molecule has 2 rings (SSSR count). The van der Waals surface area contributed by atoms with Gasteiger partial charge in [0.25, 0.3) is 0 Å². The van der Waals surface area contributed by atoms with E-state index in [1.165, 1.54) is 23.9 Å². The van der Waals surface area contributed by atoms with Crippen LogP contribution in [0.1, 0.15) is 11.6 Å². The van der Waals surface area contributed by atoms with E-state index in [-0.39, 0.29) is 5.82 Å². The second kappa shape index (κ2) is 4.75. The van der Waals surface area contributed by atoms with Gasteiger partial charge < -0.3 is 10.3 Å². The lowest BCUT2D eigenvalue weighted by atomic mass is 10.3. The van der Waals surface area contributed by atoms with E-state index in [0.29, 0.717) is 11.4 Å². The van der Waals surface area contributed by atoms with Crippen molar-refractivity contribution in [2.45, 2.75) is 17.6 Å². The molecule has 6 heteroatoms. The number of aryl methyl sites for hydroxylation is 1. The van der Waals surface area contributed by atoms with Crippen LogP contribution in [0.25, 0.3) is 0 Å². The van der Waals surface area contributed by atoms with Gasteiger partial charge >= 0.3 is 0 Å². The fourth-order valence-electron chi connectivity index (χ4n) is 1.37. The highest BCUT2D eigenvalue weighted by atomic mass is 32.2. The fourth-order valence-corrected chi connectivity index (χ4v) is 2.30. The third-order valence-electron chi connectivity index (χ3n) is 2.51. The summed E-state index contributed by atoms with van der Waals surface area (Å²) in [6, 6.07) is 4.41. The summed E-state index contributed by atoms with van der Waals surface area (Å²) in [6.45, 7) is 1.90. The average Bonchev–Trinajstić information content (AvgIpc) is 2.59. The zero-order valence-electron chi connectivity index (χ0n) is 9.64. The Kier molecular flexibility index (Phi) is 3.33. The van der Waals surface area contributed by atoms with Crippen molar-refractivity contribution >= 4 is 17.4 Å². The molecule has 17 heavy (non-hydrogen) atoms. The molecule has 0 bridgehead atoms. The fraction of sp³-hybridized carbons (Fsp3) is 0.273. The van der Waals surface area contributed by atoms with E-state index in [0.717, 1.165) is 16.5 Å². The summed E-state index contributed by atoms with van der Waals surface area (Å²) in [4.78, 5) is 0.854. The van der Waals surface area contributed by atoms with Crippen molar-refractivity contribution in [3.63, 3.8) is 0 Å². The van der Waals surface area contributed by atoms with Gasteiger partial charge in [0.1, 0.15) is 17.5 Å². The quantitative estimate of drug-likeness (QED) is 0.671. The van der Waals surface area contributed by atoms with Gasteiger partial charge in [-0.25, -0.2) is 4.39 Å². The highest BCUT2D eigenvalue weighted by molar-refractivity contribution is 7.98. The first kappa shape index (κ1) is 11.9. The molecule has 0 unspecified atom stereocenters. The number of hydrogen-bond donors (Lipinski definition) is 1. The molecule has 1 heterocycles. The molecule has 0 amide bonds. The number of nitrogens with two attached hydrogens (primary N) is 1. The van der Waals surface area contributed by atoms with E-state index < -0.39 is 0 Å². The van der Waals surface area contributed by atoms with E-state index in [1.807, 2.05) is 18.5 Å². The number of aromatic nitrogens is 3. The Bertz CT molecular complexity index is 538. The Labute approximate surface area is 103 Å². The number of anilines is 1. The third kappa shape index (κ3) is 2.58. The first-order valence-corrected chi connectivity index (χ1v) is 6.09. The number of halogens is 1. The Hall–Kier alpha value is -1.56. The minimum Gasteiger partial charge on any atom is -0.398 e. The van der Waals surface area contributed by atoms with Crippen LogP contribution in [0, 0.1) is 12.7 Å². The summed E-state index contributed by atoms with van der Waals surface area (Å²) >= 11 is 1.52. The molecule has 2 N–H and O–H groups in total. The molecule has 2 aromatic rings. The highest BCUT2D eigenvalue weighted by Gasteiger charge is 2.07. The second-order valence-electron chi connectivity index (χ2n) is 3.69. The number of hydrogen-bond acceptors (Lipinski definition) is 4. The molecular formula is C11H13FN4S. The standard InChI is InChI=1S/C11H13FN4S/c1-7-14-15-11(16(7)2)6-17-10-4-3-8(12)5-9(10)13/h3-5H,6,13H2,1-2H3. The van der Waals surface area contributed by atoms with E-state index in [1.54, 1.807) is 6.07 Å². The van der Waals surface area contributed by atoms with Crippen LogP contribution in [-0.2, 0) is 12.8 Å². The number of thioether (sulfide) groups is 1. The number of rotatable bonds is 3. The summed E-state index contributed by atoms with van der Waals surface area (Å²) in [6.07, 6.45) is 0. The molecular weight excluding hydrogens is 239 g/mol. The number of nitrogen functional groups attached to an aromatic ring is 1. The smallest absolute Gasteiger partial charge is 0.143 e. The predicted octanol–water partition coefficient (Wildman–Crippen LogP) is 2.14. The van der Waals surface area contributed by atoms with Crippen molar-refractivity contribution in [1.82, 2.24) is 14.8 Å². The first-order valence-electron chi connectivity index (χ1n) is 5.10. The van der Waals surface area contributed by atoms with Gasteiger partial charge in [-0.1, -0.05) is 0 Å². The summed E-state index contributed by atoms with van der Waals surface area (Å²) in [7, 11) is 1.92. The number of benzene rings is 1. The Morgan fingerprint density at radius 3 is 2.76 bits per heavy atom. The van der Waals surface area contributed by atoms with Gasteiger partial charge in [-0.2, -0.15) is 0 Å². The summed E-state index contributed by atoms with van der Waals surface area (Å²) in [5.41, 5.74) is 6.18. The van der Waals surface area contributed by atoms with Crippen LogP contribution in [0.3, 0.4) is 0 Å². The van der Waals surface area contributed by atoms with Crippen LogP contribution in [-0.4, -0.2) is 14.8 Å². The minimum absolute atomic E-state index is 0.318. The Morgan fingerprint density at radius 1 is 1.41 bits per heavy atom. The molecule has 0 atom stereocenters. The topological polar surface area (TPSA) is 56.7 Å². The van der Waals surface area contributed by atoms with Gasteiger partial charge in [-0.15, -0.1) is 22.0 Å². The lowest BCUT2D eigenvalue weighted by Gasteiger charge is -2.05. The Balaban J connectivity index is 2.10. The molecule has 0 fully saturated rings. The molecule has 0 aliphatic rings. The third-order valence-corrected chi connectivity index (χ3v) is 3.60.